The standard InChI is InChI=1S/C39H33N3O/c1-3-7-29(8-4-1)33-21-34(41-37(40-33)31-9-5-2-6-10-31)30-13-11-28(12-14-30)32-15-16-36-35(20-32)42-38(43-36)39-22-25-17-26(23-39)19-27(18-25)24-39/h1-16,20-21,25-27H,17-19,22-24H2. The van der Waals surface area contributed by atoms with Crippen LogP contribution in [0, 0.1) is 17.8 Å². The number of hydrogen-bond donors (Lipinski definition) is 0. The highest BCUT2D eigenvalue weighted by atomic mass is 16.3. The third-order valence-electron chi connectivity index (χ3n) is 10.2. The zero-order chi connectivity index (χ0) is 28.4. The summed E-state index contributed by atoms with van der Waals surface area (Å²) in [4.78, 5) is 15.1. The van der Waals surface area contributed by atoms with Crippen molar-refractivity contribution < 1.29 is 4.42 Å². The van der Waals surface area contributed by atoms with E-state index in [9.17, 15) is 0 Å². The minimum atomic E-state index is 0.171. The molecule has 2 heterocycles. The molecule has 2 aromatic heterocycles. The molecule has 0 N–H and O–H groups in total. The average Bonchev–Trinajstić information content (AvgIpc) is 3.50. The Kier molecular flexibility index (Phi) is 5.65. The normalized spacial score (nSPS) is 24.0. The van der Waals surface area contributed by atoms with Crippen LogP contribution >= 0.6 is 0 Å². The lowest BCUT2D eigenvalue weighted by atomic mass is 9.49. The van der Waals surface area contributed by atoms with Gasteiger partial charge in [-0.15, -0.1) is 0 Å². The highest BCUT2D eigenvalue weighted by Crippen LogP contribution is 2.60. The van der Waals surface area contributed by atoms with E-state index in [2.05, 4.69) is 72.8 Å². The zero-order valence-corrected chi connectivity index (χ0v) is 24.1. The number of fused-ring (bicyclic) bond motifs is 1. The molecule has 0 spiro atoms. The first-order valence-corrected chi connectivity index (χ1v) is 15.7. The van der Waals surface area contributed by atoms with E-state index in [1.165, 1.54) is 38.5 Å². The molecule has 210 valence electrons. The Morgan fingerprint density at radius 2 is 1.05 bits per heavy atom. The van der Waals surface area contributed by atoms with Crippen molar-refractivity contribution in [1.29, 1.82) is 0 Å². The summed E-state index contributed by atoms with van der Waals surface area (Å²) in [6.07, 6.45) is 8.07. The summed E-state index contributed by atoms with van der Waals surface area (Å²) >= 11 is 0. The number of oxazole rings is 1. The van der Waals surface area contributed by atoms with Gasteiger partial charge in [0.25, 0.3) is 0 Å². The van der Waals surface area contributed by atoms with Crippen LogP contribution in [0.3, 0.4) is 0 Å². The summed E-state index contributed by atoms with van der Waals surface area (Å²) in [5.41, 5.74) is 9.34. The van der Waals surface area contributed by atoms with Crippen molar-refractivity contribution in [2.24, 2.45) is 17.8 Å². The smallest absolute Gasteiger partial charge is 0.201 e. The molecule has 4 nitrogen and oxygen atoms in total. The van der Waals surface area contributed by atoms with Crippen LogP contribution in [-0.4, -0.2) is 15.0 Å². The molecule has 4 saturated carbocycles. The van der Waals surface area contributed by atoms with Gasteiger partial charge in [0.1, 0.15) is 5.52 Å². The monoisotopic (exact) mass is 559 g/mol. The molecular weight excluding hydrogens is 526 g/mol. The quantitative estimate of drug-likeness (QED) is 0.211. The number of nitrogens with zero attached hydrogens (tertiary/aromatic N) is 3. The van der Waals surface area contributed by atoms with Crippen LogP contribution < -0.4 is 0 Å². The molecule has 10 rings (SSSR count). The van der Waals surface area contributed by atoms with Gasteiger partial charge in [-0.1, -0.05) is 91.0 Å². The molecule has 6 aromatic rings. The van der Waals surface area contributed by atoms with Crippen molar-refractivity contribution >= 4 is 11.1 Å². The van der Waals surface area contributed by atoms with Gasteiger partial charge in [0, 0.05) is 22.1 Å². The van der Waals surface area contributed by atoms with Crippen LogP contribution in [0.1, 0.15) is 44.4 Å². The molecule has 0 saturated heterocycles. The molecule has 4 aromatic carbocycles. The second-order valence-electron chi connectivity index (χ2n) is 13.2. The molecule has 4 heteroatoms. The van der Waals surface area contributed by atoms with Crippen molar-refractivity contribution in [2.75, 3.05) is 0 Å². The van der Waals surface area contributed by atoms with Crippen molar-refractivity contribution in [1.82, 2.24) is 15.0 Å². The minimum absolute atomic E-state index is 0.171. The third kappa shape index (κ3) is 4.39. The fourth-order valence-corrected chi connectivity index (χ4v) is 8.61. The van der Waals surface area contributed by atoms with Gasteiger partial charge < -0.3 is 4.42 Å². The third-order valence-corrected chi connectivity index (χ3v) is 10.2. The van der Waals surface area contributed by atoms with Gasteiger partial charge >= 0.3 is 0 Å². The summed E-state index contributed by atoms with van der Waals surface area (Å²) < 4.78 is 6.49. The predicted octanol–water partition coefficient (Wildman–Crippen LogP) is 9.75. The number of rotatable bonds is 5. The lowest BCUT2D eigenvalue weighted by molar-refractivity contribution is -0.0170. The lowest BCUT2D eigenvalue weighted by Gasteiger charge is -2.55. The molecule has 0 aliphatic heterocycles. The number of aromatic nitrogens is 3. The molecule has 0 radical (unpaired) electrons. The van der Waals surface area contributed by atoms with E-state index < -0.39 is 0 Å². The molecule has 0 amide bonds. The van der Waals surface area contributed by atoms with Crippen molar-refractivity contribution in [3.63, 3.8) is 0 Å². The van der Waals surface area contributed by atoms with Gasteiger partial charge in [-0.05, 0) is 85.6 Å². The van der Waals surface area contributed by atoms with Gasteiger partial charge in [-0.3, -0.25) is 0 Å². The SMILES string of the molecule is c1ccc(-c2cc(-c3ccc(-c4ccc5oc(C67CC8CC(CC(C8)C6)C7)nc5c4)cc3)nc(-c3ccccc3)n2)cc1. The Labute approximate surface area is 251 Å². The highest BCUT2D eigenvalue weighted by molar-refractivity contribution is 5.81. The molecule has 4 aliphatic rings. The topological polar surface area (TPSA) is 51.8 Å². The van der Waals surface area contributed by atoms with E-state index in [1.54, 1.807) is 0 Å². The number of benzene rings is 4. The maximum atomic E-state index is 6.49. The van der Waals surface area contributed by atoms with E-state index in [-0.39, 0.29) is 5.41 Å². The van der Waals surface area contributed by atoms with Gasteiger partial charge in [-0.25, -0.2) is 15.0 Å². The fourth-order valence-electron chi connectivity index (χ4n) is 8.61. The van der Waals surface area contributed by atoms with Gasteiger partial charge in [0.2, 0.25) is 5.89 Å². The van der Waals surface area contributed by atoms with E-state index >= 15 is 0 Å². The average molecular weight is 560 g/mol. The first-order valence-electron chi connectivity index (χ1n) is 15.7. The second kappa shape index (κ2) is 9.74. The molecular formula is C39H33N3O. The van der Waals surface area contributed by atoms with Crippen LogP contribution in [0.25, 0.3) is 56.1 Å². The Balaban J connectivity index is 1.05. The second-order valence-corrected chi connectivity index (χ2v) is 13.2. The first-order chi connectivity index (χ1) is 21.2. The summed E-state index contributed by atoms with van der Waals surface area (Å²) in [5.74, 6) is 4.35. The zero-order valence-electron chi connectivity index (χ0n) is 24.1. The van der Waals surface area contributed by atoms with Crippen LogP contribution in [0.4, 0.5) is 0 Å². The van der Waals surface area contributed by atoms with Crippen molar-refractivity contribution in [3.05, 3.63) is 115 Å². The minimum Gasteiger partial charge on any atom is -0.440 e. The van der Waals surface area contributed by atoms with Crippen LogP contribution in [0.5, 0.6) is 0 Å². The van der Waals surface area contributed by atoms with Crippen LogP contribution in [0.15, 0.2) is 114 Å². The van der Waals surface area contributed by atoms with Crippen molar-refractivity contribution in [2.45, 2.75) is 43.9 Å². The van der Waals surface area contributed by atoms with E-state index in [1.807, 2.05) is 36.4 Å². The van der Waals surface area contributed by atoms with E-state index in [4.69, 9.17) is 19.4 Å². The molecule has 0 unspecified atom stereocenters. The highest BCUT2D eigenvalue weighted by Gasteiger charge is 2.54. The Hall–Kier alpha value is -4.57. The molecule has 4 bridgehead atoms. The summed E-state index contributed by atoms with van der Waals surface area (Å²) in [6, 6.07) is 37.8. The Bertz CT molecular complexity index is 1850. The summed E-state index contributed by atoms with van der Waals surface area (Å²) in [6.45, 7) is 0. The van der Waals surface area contributed by atoms with Crippen LogP contribution in [0.2, 0.25) is 0 Å². The largest absolute Gasteiger partial charge is 0.440 e. The molecule has 4 fully saturated rings. The first kappa shape index (κ1) is 25.0. The predicted molar refractivity (Wildman–Crippen MR) is 171 cm³/mol. The maximum absolute atomic E-state index is 6.49. The fraction of sp³-hybridized carbons (Fsp3) is 0.256. The Morgan fingerprint density at radius 1 is 0.512 bits per heavy atom. The van der Waals surface area contributed by atoms with Gasteiger partial charge in [0.15, 0.2) is 11.4 Å². The van der Waals surface area contributed by atoms with Crippen LogP contribution in [-0.2, 0) is 5.41 Å². The van der Waals surface area contributed by atoms with E-state index in [0.717, 1.165) is 79.8 Å². The summed E-state index contributed by atoms with van der Waals surface area (Å²) in [7, 11) is 0. The summed E-state index contributed by atoms with van der Waals surface area (Å²) in [5, 5.41) is 0. The van der Waals surface area contributed by atoms with Gasteiger partial charge in [-0.2, -0.15) is 0 Å². The maximum Gasteiger partial charge on any atom is 0.201 e. The molecule has 4 aliphatic carbocycles. The molecule has 0 atom stereocenters. The Morgan fingerprint density at radius 3 is 1.67 bits per heavy atom. The van der Waals surface area contributed by atoms with E-state index in [0.29, 0.717) is 0 Å². The molecule has 43 heavy (non-hydrogen) atoms. The van der Waals surface area contributed by atoms with Gasteiger partial charge in [0.05, 0.1) is 11.4 Å². The van der Waals surface area contributed by atoms with Crippen molar-refractivity contribution in [3.8, 4) is 45.0 Å². The number of hydrogen-bond acceptors (Lipinski definition) is 4. The lowest BCUT2D eigenvalue weighted by Crippen LogP contribution is -2.48.